The molecule has 22 heavy (non-hydrogen) atoms. The van der Waals surface area contributed by atoms with Gasteiger partial charge in [0.1, 0.15) is 5.75 Å². The molecule has 0 saturated carbocycles. The summed E-state index contributed by atoms with van der Waals surface area (Å²) < 4.78 is 34.1. The van der Waals surface area contributed by atoms with E-state index in [9.17, 15) is 13.9 Å². The van der Waals surface area contributed by atoms with E-state index >= 15 is 0 Å². The number of rotatable bonds is 8. The second-order valence-corrected chi connectivity index (χ2v) is 5.93. The van der Waals surface area contributed by atoms with Crippen molar-refractivity contribution in [3.63, 3.8) is 0 Å². The second kappa shape index (κ2) is 8.06. The quantitative estimate of drug-likeness (QED) is 0.767. The van der Waals surface area contributed by atoms with Gasteiger partial charge in [-0.1, -0.05) is 17.7 Å². The lowest BCUT2D eigenvalue weighted by Gasteiger charge is -2.27. The molecule has 1 heterocycles. The molecule has 0 aromatic heterocycles. The van der Waals surface area contributed by atoms with Crippen molar-refractivity contribution in [3.8, 4) is 5.75 Å². The summed E-state index contributed by atoms with van der Waals surface area (Å²) in [6, 6.07) is 4.74. The molecular formula is C15H20ClF2NO3. The van der Waals surface area contributed by atoms with Crippen molar-refractivity contribution < 1.29 is 23.4 Å². The third-order valence-corrected chi connectivity index (χ3v) is 4.16. The summed E-state index contributed by atoms with van der Waals surface area (Å²) in [5.74, 6) is -0.0265. The van der Waals surface area contributed by atoms with Crippen molar-refractivity contribution in [1.29, 1.82) is 0 Å². The van der Waals surface area contributed by atoms with Gasteiger partial charge in [0, 0.05) is 31.7 Å². The molecule has 1 aromatic carbocycles. The second-order valence-electron chi connectivity index (χ2n) is 5.52. The summed E-state index contributed by atoms with van der Waals surface area (Å²) in [7, 11) is 0. The number of alkyl halides is 2. The molecule has 1 aromatic rings. The van der Waals surface area contributed by atoms with Crippen LogP contribution < -0.4 is 10.1 Å². The maximum absolute atomic E-state index is 12.2. The molecule has 124 valence electrons. The monoisotopic (exact) mass is 335 g/mol. The van der Waals surface area contributed by atoms with Crippen LogP contribution >= 0.6 is 11.6 Å². The van der Waals surface area contributed by atoms with Crippen LogP contribution in [0.25, 0.3) is 0 Å². The highest BCUT2D eigenvalue weighted by Crippen LogP contribution is 2.31. The molecule has 0 bridgehead atoms. The summed E-state index contributed by atoms with van der Waals surface area (Å²) >= 11 is 5.92. The van der Waals surface area contributed by atoms with Crippen LogP contribution in [0.3, 0.4) is 0 Å². The number of aliphatic hydroxyl groups is 1. The number of halogens is 3. The number of ether oxygens (including phenoxy) is 2. The Kier molecular flexibility index (Phi) is 6.37. The molecule has 1 aliphatic rings. The first-order valence-corrected chi connectivity index (χ1v) is 7.55. The zero-order chi connectivity index (χ0) is 16.0. The fourth-order valence-corrected chi connectivity index (χ4v) is 2.88. The van der Waals surface area contributed by atoms with Crippen LogP contribution in [0.15, 0.2) is 18.2 Å². The minimum atomic E-state index is -2.89. The summed E-state index contributed by atoms with van der Waals surface area (Å²) in [4.78, 5) is 0. The highest BCUT2D eigenvalue weighted by atomic mass is 35.5. The topological polar surface area (TPSA) is 50.7 Å². The minimum absolute atomic E-state index is 0.0265. The van der Waals surface area contributed by atoms with Gasteiger partial charge < -0.3 is 19.9 Å². The third-order valence-electron chi connectivity index (χ3n) is 3.87. The molecule has 0 spiro atoms. The van der Waals surface area contributed by atoms with E-state index in [4.69, 9.17) is 16.3 Å². The van der Waals surface area contributed by atoms with Crippen LogP contribution in [0.1, 0.15) is 18.4 Å². The maximum Gasteiger partial charge on any atom is 0.387 e. The van der Waals surface area contributed by atoms with Crippen molar-refractivity contribution >= 4 is 11.6 Å². The van der Waals surface area contributed by atoms with Gasteiger partial charge in [-0.25, -0.2) is 0 Å². The number of nitrogens with one attached hydrogen (secondary N) is 1. The first-order valence-electron chi connectivity index (χ1n) is 7.17. The summed E-state index contributed by atoms with van der Waals surface area (Å²) in [5.41, 5.74) is 0.849. The minimum Gasteiger partial charge on any atom is -0.433 e. The van der Waals surface area contributed by atoms with Gasteiger partial charge in [-0.05, 0) is 30.5 Å². The lowest BCUT2D eigenvalue weighted by Crippen LogP contribution is -2.35. The van der Waals surface area contributed by atoms with Gasteiger partial charge in [0.2, 0.25) is 0 Å². The van der Waals surface area contributed by atoms with Crippen molar-refractivity contribution in [2.24, 2.45) is 5.41 Å². The normalized spacial score (nSPS) is 21.5. The molecule has 1 unspecified atom stereocenters. The Balaban J connectivity index is 1.87. The van der Waals surface area contributed by atoms with Gasteiger partial charge in [-0.15, -0.1) is 0 Å². The van der Waals surface area contributed by atoms with Gasteiger partial charge in [0.05, 0.1) is 11.6 Å². The first-order chi connectivity index (χ1) is 10.5. The summed E-state index contributed by atoms with van der Waals surface area (Å²) in [6.07, 6.45) is 1.62. The van der Waals surface area contributed by atoms with Crippen LogP contribution in [0.4, 0.5) is 8.78 Å². The highest BCUT2D eigenvalue weighted by Gasteiger charge is 2.33. The molecule has 1 saturated heterocycles. The van der Waals surface area contributed by atoms with E-state index in [0.717, 1.165) is 18.5 Å². The number of aliphatic hydroxyl groups excluding tert-OH is 1. The average Bonchev–Trinajstić information content (AvgIpc) is 2.90. The van der Waals surface area contributed by atoms with E-state index in [1.165, 1.54) is 6.07 Å². The van der Waals surface area contributed by atoms with E-state index in [1.807, 2.05) is 0 Å². The molecule has 1 atom stereocenters. The van der Waals surface area contributed by atoms with E-state index in [1.54, 1.807) is 12.1 Å². The SMILES string of the molecule is OCCC1(CNCc2ccc(OC(F)F)c(Cl)c2)CCOC1. The number of hydrogen-bond donors (Lipinski definition) is 2. The largest absolute Gasteiger partial charge is 0.433 e. The van der Waals surface area contributed by atoms with Crippen LogP contribution in [0, 0.1) is 5.41 Å². The molecule has 1 fully saturated rings. The average molecular weight is 336 g/mol. The molecule has 0 aliphatic carbocycles. The zero-order valence-corrected chi connectivity index (χ0v) is 12.9. The molecular weight excluding hydrogens is 316 g/mol. The van der Waals surface area contributed by atoms with Gasteiger partial charge in [0.25, 0.3) is 0 Å². The van der Waals surface area contributed by atoms with E-state index < -0.39 is 6.61 Å². The smallest absolute Gasteiger partial charge is 0.387 e. The van der Waals surface area contributed by atoms with Gasteiger partial charge in [-0.3, -0.25) is 0 Å². The predicted octanol–water partition coefficient (Wildman–Crippen LogP) is 2.82. The Hall–Kier alpha value is -0.950. The standard InChI is InChI=1S/C15H20ClF2NO3/c16-12-7-11(1-2-13(12)22-14(17)18)8-19-9-15(3-5-20)4-6-21-10-15/h1-2,7,14,19-20H,3-6,8-10H2. The van der Waals surface area contributed by atoms with Crippen LogP contribution in [-0.4, -0.2) is 38.1 Å². The predicted molar refractivity (Wildman–Crippen MR) is 79.4 cm³/mol. The van der Waals surface area contributed by atoms with Gasteiger partial charge in [0.15, 0.2) is 0 Å². The summed E-state index contributed by atoms with van der Waals surface area (Å²) in [5, 5.41) is 12.7. The fraction of sp³-hybridized carbons (Fsp3) is 0.600. The summed E-state index contributed by atoms with van der Waals surface area (Å²) in [6.45, 7) is -0.115. The van der Waals surface area contributed by atoms with Crippen LogP contribution in [-0.2, 0) is 11.3 Å². The lowest BCUT2D eigenvalue weighted by atomic mass is 9.84. The maximum atomic E-state index is 12.2. The Labute approximate surface area is 133 Å². The van der Waals surface area contributed by atoms with Crippen molar-refractivity contribution in [2.45, 2.75) is 26.0 Å². The van der Waals surface area contributed by atoms with Gasteiger partial charge in [-0.2, -0.15) is 8.78 Å². The molecule has 1 aliphatic heterocycles. The lowest BCUT2D eigenvalue weighted by molar-refractivity contribution is -0.0497. The third kappa shape index (κ3) is 4.78. The van der Waals surface area contributed by atoms with E-state index in [-0.39, 0.29) is 22.8 Å². The molecule has 2 N–H and O–H groups in total. The van der Waals surface area contributed by atoms with E-state index in [2.05, 4.69) is 10.1 Å². The van der Waals surface area contributed by atoms with Crippen LogP contribution in [0.5, 0.6) is 5.75 Å². The fourth-order valence-electron chi connectivity index (χ4n) is 2.63. The first kappa shape index (κ1) is 17.4. The van der Waals surface area contributed by atoms with Gasteiger partial charge >= 0.3 is 6.61 Å². The molecule has 4 nitrogen and oxygen atoms in total. The van der Waals surface area contributed by atoms with Crippen molar-refractivity contribution in [2.75, 3.05) is 26.4 Å². The Morgan fingerprint density at radius 1 is 1.45 bits per heavy atom. The van der Waals surface area contributed by atoms with Crippen molar-refractivity contribution in [3.05, 3.63) is 28.8 Å². The van der Waals surface area contributed by atoms with Crippen molar-refractivity contribution in [1.82, 2.24) is 5.32 Å². The number of benzene rings is 1. The Bertz CT molecular complexity index is 482. The molecule has 0 radical (unpaired) electrons. The Morgan fingerprint density at radius 3 is 2.86 bits per heavy atom. The molecule has 7 heteroatoms. The molecule has 2 rings (SSSR count). The zero-order valence-electron chi connectivity index (χ0n) is 12.2. The number of hydrogen-bond acceptors (Lipinski definition) is 4. The Morgan fingerprint density at radius 2 is 2.27 bits per heavy atom. The van der Waals surface area contributed by atoms with Crippen LogP contribution in [0.2, 0.25) is 5.02 Å². The molecule has 0 amide bonds. The van der Waals surface area contributed by atoms with E-state index in [0.29, 0.717) is 26.2 Å². The highest BCUT2D eigenvalue weighted by molar-refractivity contribution is 6.32.